The van der Waals surface area contributed by atoms with E-state index in [0.717, 1.165) is 21.6 Å². The molecule has 1 aromatic rings. The van der Waals surface area contributed by atoms with Crippen molar-refractivity contribution >= 4 is 46.0 Å². The Balaban J connectivity index is 1.27. The van der Waals surface area contributed by atoms with Gasteiger partial charge in [-0.05, 0) is 54.7 Å². The molecule has 2 saturated carbocycles. The number of carbonyl (C=O) groups excluding carboxylic acids is 5. The topological polar surface area (TPSA) is 181 Å². The number of sulfonamides is 1. The highest BCUT2D eigenvalue weighted by atomic mass is 32.2. The van der Waals surface area contributed by atoms with E-state index in [9.17, 15) is 45.6 Å². The molecule has 3 heterocycles. The molecule has 3 fully saturated rings. The fraction of sp³-hybridized carbons (Fsp3) is 0.606. The van der Waals surface area contributed by atoms with Crippen LogP contribution in [0.2, 0.25) is 0 Å². The number of rotatable bonds is 7. The number of carbonyl (C=O) groups is 5. The first-order chi connectivity index (χ1) is 24.1. The van der Waals surface area contributed by atoms with Crippen LogP contribution in [0.1, 0.15) is 75.0 Å². The molecule has 0 aromatic heterocycles. The summed E-state index contributed by atoms with van der Waals surface area (Å²) in [7, 11) is -3.98. The van der Waals surface area contributed by atoms with Gasteiger partial charge in [0, 0.05) is 13.0 Å². The number of halogens is 3. The number of benzene rings is 1. The second-order valence-corrected chi connectivity index (χ2v) is 15.7. The quantitative estimate of drug-likeness (QED) is 0.379. The summed E-state index contributed by atoms with van der Waals surface area (Å²) in [6.45, 7) is 1.54. The Hall–Kier alpha value is -4.35. The lowest BCUT2D eigenvalue weighted by molar-refractivity contribution is -0.155. The summed E-state index contributed by atoms with van der Waals surface area (Å²) in [4.78, 5) is 69.4. The molecule has 1 aromatic carbocycles. The molecule has 2 aliphatic carbocycles. The minimum atomic E-state index is -4.92. The number of alkyl halides is 3. The van der Waals surface area contributed by atoms with Gasteiger partial charge in [0.1, 0.15) is 23.7 Å². The molecule has 0 unspecified atom stereocenters. The average molecular weight is 740 g/mol. The first-order valence-corrected chi connectivity index (χ1v) is 18.6. The van der Waals surface area contributed by atoms with E-state index >= 15 is 0 Å². The van der Waals surface area contributed by atoms with Gasteiger partial charge in [-0.2, -0.15) is 13.2 Å². The first-order valence-electron chi connectivity index (χ1n) is 17.0. The Morgan fingerprint density at radius 1 is 1.14 bits per heavy atom. The number of cyclic esters (lactones) is 1. The molecule has 5 amide bonds. The van der Waals surface area contributed by atoms with Gasteiger partial charge in [-0.3, -0.25) is 24.0 Å². The number of nitrogens with zero attached hydrogens (tertiary/aromatic N) is 2. The Bertz CT molecular complexity index is 1730. The van der Waals surface area contributed by atoms with E-state index in [-0.39, 0.29) is 32.5 Å². The zero-order chi connectivity index (χ0) is 36.7. The van der Waals surface area contributed by atoms with Gasteiger partial charge in [0.05, 0.1) is 31.4 Å². The van der Waals surface area contributed by atoms with Gasteiger partial charge in [-0.25, -0.2) is 18.0 Å². The molecule has 3 N–H and O–H groups in total. The second kappa shape index (κ2) is 14.0. The maximum absolute atomic E-state index is 14.0. The number of ether oxygens (including phenoxy) is 2. The zero-order valence-corrected chi connectivity index (χ0v) is 28.7. The van der Waals surface area contributed by atoms with Crippen molar-refractivity contribution in [1.29, 1.82) is 0 Å². The number of alkyl carbamates (subject to hydrolysis) is 1. The van der Waals surface area contributed by atoms with Gasteiger partial charge in [-0.1, -0.05) is 43.7 Å². The van der Waals surface area contributed by atoms with Gasteiger partial charge >= 0.3 is 18.4 Å². The SMILES string of the molecule is CC[C@@H]1C[C@]1(NC(=O)[C@@H]1C[C@@H]2CN1C(=O)[C@H](CC(F)(F)F)NC(=O)OCCCC=Cc1cccc3c1CN(C3)C(=O)O2)C(=O)NS(=O)(=O)C1CC1. The third-order valence-electron chi connectivity index (χ3n) is 10.0. The Morgan fingerprint density at radius 2 is 1.90 bits per heavy atom. The predicted molar refractivity (Wildman–Crippen MR) is 173 cm³/mol. The highest BCUT2D eigenvalue weighted by Gasteiger charge is 2.62. The van der Waals surface area contributed by atoms with Crippen molar-refractivity contribution in [2.75, 3.05) is 13.2 Å². The van der Waals surface area contributed by atoms with E-state index in [1.54, 1.807) is 6.92 Å². The molecule has 0 spiro atoms. The first kappa shape index (κ1) is 36.4. The van der Waals surface area contributed by atoms with Gasteiger partial charge < -0.3 is 25.0 Å². The predicted octanol–water partition coefficient (Wildman–Crippen LogP) is 2.86. The standard InChI is InChI=1S/C33H40F3N5O9S/c1-2-21-14-32(21,29(44)39-51(47,48)23-10-11-23)38-27(42)26-13-22-17-41(26)28(43)25(15-33(34,35)36)37-30(45)49-12-5-3-4-7-19-8-6-9-20-16-40(18-24(19)20)31(46)50-22/h4,6-9,21-23,25-26H,2-3,5,10-18H2,1H3,(H,37,45)(H,38,42)(H,39,44)/t21-,22-,25+,26+,32-/m1/s1. The molecule has 51 heavy (non-hydrogen) atoms. The molecule has 18 heteroatoms. The molecule has 4 bridgehead atoms. The Kier molecular flexibility index (Phi) is 10.00. The largest absolute Gasteiger partial charge is 0.450 e. The third-order valence-corrected chi connectivity index (χ3v) is 11.8. The number of hydrogen-bond donors (Lipinski definition) is 3. The van der Waals surface area contributed by atoms with E-state index in [1.807, 2.05) is 35.7 Å². The smallest absolute Gasteiger partial charge is 0.410 e. The van der Waals surface area contributed by atoms with Crippen LogP contribution >= 0.6 is 0 Å². The molecule has 1 saturated heterocycles. The fourth-order valence-electron chi connectivity index (χ4n) is 7.01. The van der Waals surface area contributed by atoms with E-state index in [4.69, 9.17) is 9.47 Å². The summed E-state index contributed by atoms with van der Waals surface area (Å²) in [5.74, 6) is -3.62. The van der Waals surface area contributed by atoms with Gasteiger partial charge in [0.25, 0.3) is 5.91 Å². The molecule has 14 nitrogen and oxygen atoms in total. The number of allylic oxidation sites excluding steroid dienone is 1. The Labute approximate surface area is 292 Å². The lowest BCUT2D eigenvalue weighted by Gasteiger charge is -2.30. The molecule has 278 valence electrons. The van der Waals surface area contributed by atoms with Crippen molar-refractivity contribution in [2.24, 2.45) is 5.92 Å². The van der Waals surface area contributed by atoms with Crippen LogP contribution < -0.4 is 15.4 Å². The minimum Gasteiger partial charge on any atom is -0.450 e. The van der Waals surface area contributed by atoms with E-state index in [2.05, 4.69) is 10.0 Å². The van der Waals surface area contributed by atoms with E-state index in [1.165, 1.54) is 4.90 Å². The highest BCUT2D eigenvalue weighted by Crippen LogP contribution is 2.47. The molecule has 5 atom stereocenters. The number of fused-ring (bicyclic) bond motifs is 3. The number of amides is 5. The van der Waals surface area contributed by atoms with E-state index in [0.29, 0.717) is 32.1 Å². The van der Waals surface area contributed by atoms with Crippen LogP contribution in [-0.2, 0) is 47.0 Å². The molecule has 5 aliphatic rings. The molecular weight excluding hydrogens is 699 g/mol. The maximum atomic E-state index is 14.0. The maximum Gasteiger partial charge on any atom is 0.410 e. The third kappa shape index (κ3) is 8.10. The molecule has 0 radical (unpaired) electrons. The monoisotopic (exact) mass is 739 g/mol. The second-order valence-electron chi connectivity index (χ2n) is 13.7. The summed E-state index contributed by atoms with van der Waals surface area (Å²) >= 11 is 0. The van der Waals surface area contributed by atoms with Crippen molar-refractivity contribution in [2.45, 2.75) is 107 Å². The van der Waals surface area contributed by atoms with Crippen LogP contribution in [0.3, 0.4) is 0 Å². The molecule has 6 rings (SSSR count). The summed E-state index contributed by atoms with van der Waals surface area (Å²) in [5, 5.41) is 3.86. The number of hydrogen-bond acceptors (Lipinski definition) is 9. The van der Waals surface area contributed by atoms with Crippen LogP contribution in [-0.4, -0.2) is 96.4 Å². The van der Waals surface area contributed by atoms with Gasteiger partial charge in [0.2, 0.25) is 21.8 Å². The van der Waals surface area contributed by atoms with Crippen molar-refractivity contribution in [3.8, 4) is 0 Å². The van der Waals surface area contributed by atoms with E-state index < -0.39 is 94.0 Å². The van der Waals surface area contributed by atoms with Crippen LogP contribution in [0.5, 0.6) is 0 Å². The van der Waals surface area contributed by atoms with Crippen molar-refractivity contribution in [3.05, 3.63) is 41.0 Å². The summed E-state index contributed by atoms with van der Waals surface area (Å²) < 4.78 is 79.2. The van der Waals surface area contributed by atoms with Gasteiger partial charge in [0.15, 0.2) is 0 Å². The lowest BCUT2D eigenvalue weighted by Crippen LogP contribution is -2.58. The molecular formula is C33H40F3N5O9S. The van der Waals surface area contributed by atoms with Gasteiger partial charge in [-0.15, -0.1) is 0 Å². The fourth-order valence-corrected chi connectivity index (χ4v) is 8.38. The average Bonchev–Trinajstić information content (AvgIpc) is 3.95. The van der Waals surface area contributed by atoms with Crippen molar-refractivity contribution in [1.82, 2.24) is 25.2 Å². The zero-order valence-electron chi connectivity index (χ0n) is 27.9. The summed E-state index contributed by atoms with van der Waals surface area (Å²) in [6, 6.07) is 1.88. The number of nitrogens with one attached hydrogen (secondary N) is 3. The minimum absolute atomic E-state index is 0.0944. The van der Waals surface area contributed by atoms with Crippen molar-refractivity contribution in [3.63, 3.8) is 0 Å². The normalized spacial score (nSPS) is 28.5. The summed E-state index contributed by atoms with van der Waals surface area (Å²) in [5.41, 5.74) is 1.03. The van der Waals surface area contributed by atoms with Crippen LogP contribution in [0.15, 0.2) is 24.3 Å². The van der Waals surface area contributed by atoms with Crippen LogP contribution in [0, 0.1) is 5.92 Å². The Morgan fingerprint density at radius 3 is 2.59 bits per heavy atom. The summed E-state index contributed by atoms with van der Waals surface area (Å²) in [6.07, 6.45) is -4.44. The van der Waals surface area contributed by atoms with Crippen molar-refractivity contribution < 1.29 is 55.0 Å². The lowest BCUT2D eigenvalue weighted by atomic mass is 10.0. The van der Waals surface area contributed by atoms with Crippen LogP contribution in [0.4, 0.5) is 22.8 Å². The highest BCUT2D eigenvalue weighted by molar-refractivity contribution is 7.91. The van der Waals surface area contributed by atoms with Crippen LogP contribution in [0.25, 0.3) is 6.08 Å². The molecule has 3 aliphatic heterocycles.